The summed E-state index contributed by atoms with van der Waals surface area (Å²) in [5.74, 6) is -0.635. The van der Waals surface area contributed by atoms with Crippen molar-refractivity contribution in [1.82, 2.24) is 14.8 Å². The fourth-order valence-corrected chi connectivity index (χ4v) is 5.54. The zero-order valence-electron chi connectivity index (χ0n) is 23.0. The molecule has 2 N–H and O–H groups in total. The molecule has 0 fully saturated rings. The first-order valence-corrected chi connectivity index (χ1v) is 14.0. The van der Waals surface area contributed by atoms with Gasteiger partial charge in [0, 0.05) is 16.5 Å². The molecule has 0 aliphatic heterocycles. The molecule has 0 bridgehead atoms. The molecule has 42 heavy (non-hydrogen) atoms. The van der Waals surface area contributed by atoms with Gasteiger partial charge < -0.3 is 10.4 Å². The van der Waals surface area contributed by atoms with Gasteiger partial charge in [-0.05, 0) is 35.7 Å². The van der Waals surface area contributed by atoms with Crippen molar-refractivity contribution in [3.05, 3.63) is 102 Å². The van der Waals surface area contributed by atoms with Gasteiger partial charge in [0.25, 0.3) is 5.91 Å². The number of benzene rings is 4. The Hall–Kier alpha value is -5.40. The number of anilines is 1. The molecule has 0 unspecified atom stereocenters. The maximum atomic E-state index is 13.2. The lowest BCUT2D eigenvalue weighted by atomic mass is 9.90. The first-order valence-electron chi connectivity index (χ1n) is 13.2. The summed E-state index contributed by atoms with van der Waals surface area (Å²) in [6.07, 6.45) is 0. The van der Waals surface area contributed by atoms with E-state index in [1.165, 1.54) is 16.0 Å². The van der Waals surface area contributed by atoms with Gasteiger partial charge in [-0.1, -0.05) is 86.7 Å². The number of nitrogens with zero attached hydrogens (tertiary/aromatic N) is 6. The zero-order chi connectivity index (χ0) is 29.4. The summed E-state index contributed by atoms with van der Waals surface area (Å²) in [7, 11) is 0. The largest absolute Gasteiger partial charge is 0.505 e. The summed E-state index contributed by atoms with van der Waals surface area (Å²) < 4.78 is 2.49. The third kappa shape index (κ3) is 4.87. The van der Waals surface area contributed by atoms with Gasteiger partial charge in [0.15, 0.2) is 11.6 Å². The number of para-hydroxylation sites is 2. The number of hydrogen-bond donors (Lipinski definition) is 2. The molecule has 0 saturated heterocycles. The summed E-state index contributed by atoms with van der Waals surface area (Å²) in [5.41, 5.74) is 1.86. The van der Waals surface area contributed by atoms with Crippen molar-refractivity contribution in [2.45, 2.75) is 26.2 Å². The normalized spacial score (nSPS) is 11.8. The van der Waals surface area contributed by atoms with Crippen molar-refractivity contribution in [2.24, 2.45) is 10.2 Å². The molecule has 0 aliphatic carbocycles. The number of azo groups is 1. The number of hydrogen-bond acceptors (Lipinski definition) is 8. The van der Waals surface area contributed by atoms with E-state index in [0.29, 0.717) is 27.3 Å². The van der Waals surface area contributed by atoms with Crippen molar-refractivity contribution >= 4 is 55.4 Å². The average Bonchev–Trinajstić information content (AvgIpc) is 3.58. The lowest BCUT2D eigenvalue weighted by Crippen LogP contribution is -2.14. The highest BCUT2D eigenvalue weighted by atomic mass is 32.1. The molecule has 0 saturated carbocycles. The van der Waals surface area contributed by atoms with E-state index in [1.807, 2.05) is 81.4 Å². The lowest BCUT2D eigenvalue weighted by molar-refractivity contribution is 0.102. The van der Waals surface area contributed by atoms with Crippen molar-refractivity contribution in [3.8, 4) is 17.0 Å². The zero-order valence-corrected chi connectivity index (χ0v) is 23.8. The smallest absolute Gasteiger partial charge is 0.259 e. The molecule has 10 heteroatoms. The van der Waals surface area contributed by atoms with Gasteiger partial charge in [-0.3, -0.25) is 4.79 Å². The highest BCUT2D eigenvalue weighted by molar-refractivity contribution is 7.20. The molecule has 6 rings (SSSR count). The highest BCUT2D eigenvalue weighted by Gasteiger charge is 2.29. The fourth-order valence-electron chi connectivity index (χ4n) is 4.62. The van der Waals surface area contributed by atoms with Gasteiger partial charge in [0.2, 0.25) is 5.13 Å². The van der Waals surface area contributed by atoms with Crippen LogP contribution >= 0.6 is 11.3 Å². The van der Waals surface area contributed by atoms with Crippen LogP contribution in [0.15, 0.2) is 95.2 Å². The quantitative estimate of drug-likeness (QED) is 0.202. The Bertz CT molecular complexity index is 2010. The van der Waals surface area contributed by atoms with Crippen LogP contribution in [0.1, 0.15) is 42.4 Å². The molecule has 6 aromatic rings. The van der Waals surface area contributed by atoms with E-state index in [-0.39, 0.29) is 28.4 Å². The van der Waals surface area contributed by atoms with Crippen molar-refractivity contribution in [1.29, 1.82) is 5.26 Å². The molecule has 2 aromatic heterocycles. The topological polar surface area (TPSA) is 129 Å². The van der Waals surface area contributed by atoms with E-state index in [2.05, 4.69) is 21.6 Å². The monoisotopic (exact) mass is 571 g/mol. The van der Waals surface area contributed by atoms with Gasteiger partial charge in [0.1, 0.15) is 17.3 Å². The molecule has 0 atom stereocenters. The van der Waals surface area contributed by atoms with Crippen LogP contribution in [0.4, 0.5) is 17.2 Å². The number of nitrogens with one attached hydrogen (secondary N) is 1. The second-order valence-electron chi connectivity index (χ2n) is 10.6. The number of phenols is 1. The SMILES string of the molecule is CC(C)(C)c1nn(-c2nc3ccccc3s2)c(/N=N/c2c(O)c(C(=O)Nc3ccccc3)cc3ccccc23)c1C#N. The van der Waals surface area contributed by atoms with Gasteiger partial charge in [-0.2, -0.15) is 15.0 Å². The third-order valence-corrected chi connectivity index (χ3v) is 7.68. The predicted molar refractivity (Wildman–Crippen MR) is 164 cm³/mol. The highest BCUT2D eigenvalue weighted by Crippen LogP contribution is 2.41. The predicted octanol–water partition coefficient (Wildman–Crippen LogP) is 8.18. The van der Waals surface area contributed by atoms with Crippen molar-refractivity contribution < 1.29 is 9.90 Å². The number of aromatic hydroxyl groups is 1. The Morgan fingerprint density at radius 2 is 1.71 bits per heavy atom. The number of aromatic nitrogens is 3. The van der Waals surface area contributed by atoms with Crippen LogP contribution in [-0.2, 0) is 5.41 Å². The molecular formula is C32H25N7O2S. The minimum Gasteiger partial charge on any atom is -0.505 e. The number of carbonyl (C=O) groups excluding carboxylic acids is 1. The summed E-state index contributed by atoms with van der Waals surface area (Å²) in [6.45, 7) is 5.90. The van der Waals surface area contributed by atoms with Crippen LogP contribution in [-0.4, -0.2) is 25.8 Å². The van der Waals surface area contributed by atoms with Crippen LogP contribution in [0.5, 0.6) is 5.75 Å². The first-order chi connectivity index (χ1) is 20.2. The molecule has 0 spiro atoms. The summed E-state index contributed by atoms with van der Waals surface area (Å²) >= 11 is 1.42. The van der Waals surface area contributed by atoms with Crippen molar-refractivity contribution in [3.63, 3.8) is 0 Å². The molecular weight excluding hydrogens is 546 g/mol. The second kappa shape index (κ2) is 10.5. The Kier molecular flexibility index (Phi) is 6.72. The fraction of sp³-hybridized carbons (Fsp3) is 0.125. The number of rotatable bonds is 5. The second-order valence-corrected chi connectivity index (χ2v) is 11.7. The minimum atomic E-state index is -0.492. The number of fused-ring (bicyclic) bond motifs is 2. The summed E-state index contributed by atoms with van der Waals surface area (Å²) in [6, 6.07) is 27.8. The maximum Gasteiger partial charge on any atom is 0.259 e. The molecule has 0 aliphatic rings. The number of amides is 1. The van der Waals surface area contributed by atoms with Crippen LogP contribution in [0.2, 0.25) is 0 Å². The molecule has 206 valence electrons. The van der Waals surface area contributed by atoms with E-state index in [9.17, 15) is 15.2 Å². The van der Waals surface area contributed by atoms with Gasteiger partial charge in [0.05, 0.1) is 21.5 Å². The third-order valence-electron chi connectivity index (χ3n) is 6.66. The maximum absolute atomic E-state index is 13.2. The number of carbonyl (C=O) groups is 1. The molecule has 1 amide bonds. The van der Waals surface area contributed by atoms with E-state index in [1.54, 1.807) is 24.3 Å². The number of phenolic OH excluding ortho intramolecular Hbond substituents is 1. The standard InChI is InChI=1S/C32H25N7O2S/c1-32(2,3)28-23(18-33)29(39(38-28)31-35-24-15-9-10-16-25(24)42-31)37-36-26-21-14-8-7-11-19(21)17-22(27(26)40)30(41)34-20-12-5-4-6-13-20/h4-17,40H,1-3H3,(H,34,41)/b37-36+. The Balaban J connectivity index is 1.52. The Morgan fingerprint density at radius 3 is 2.45 bits per heavy atom. The Labute approximate surface area is 245 Å². The first kappa shape index (κ1) is 26.8. The summed E-state index contributed by atoms with van der Waals surface area (Å²) in [4.78, 5) is 18.0. The number of nitriles is 1. The molecule has 4 aromatic carbocycles. The minimum absolute atomic E-state index is 0.0436. The summed E-state index contributed by atoms with van der Waals surface area (Å²) in [5, 5.41) is 39.9. The van der Waals surface area contributed by atoms with Crippen molar-refractivity contribution in [2.75, 3.05) is 5.32 Å². The van der Waals surface area contributed by atoms with Crippen LogP contribution in [0.25, 0.3) is 26.1 Å². The molecule has 2 heterocycles. The van der Waals surface area contributed by atoms with Gasteiger partial charge in [-0.15, -0.1) is 10.2 Å². The average molecular weight is 572 g/mol. The van der Waals surface area contributed by atoms with Gasteiger partial charge in [-0.25, -0.2) is 4.98 Å². The van der Waals surface area contributed by atoms with E-state index in [0.717, 1.165) is 10.2 Å². The van der Waals surface area contributed by atoms with E-state index >= 15 is 0 Å². The van der Waals surface area contributed by atoms with Crippen LogP contribution in [0.3, 0.4) is 0 Å². The van der Waals surface area contributed by atoms with Gasteiger partial charge >= 0.3 is 0 Å². The molecule has 9 nitrogen and oxygen atoms in total. The van der Waals surface area contributed by atoms with Crippen LogP contribution < -0.4 is 5.32 Å². The van der Waals surface area contributed by atoms with E-state index < -0.39 is 11.3 Å². The number of thiazole rings is 1. The lowest BCUT2D eigenvalue weighted by Gasteiger charge is -2.14. The Morgan fingerprint density at radius 1 is 1.00 bits per heavy atom. The molecule has 0 radical (unpaired) electrons. The van der Waals surface area contributed by atoms with E-state index in [4.69, 9.17) is 10.1 Å². The van der Waals surface area contributed by atoms with Crippen LogP contribution in [0, 0.1) is 11.3 Å².